The summed E-state index contributed by atoms with van der Waals surface area (Å²) < 4.78 is 0. The third-order valence-corrected chi connectivity index (χ3v) is 3.45. The van der Waals surface area contributed by atoms with Crippen molar-refractivity contribution in [2.45, 2.75) is 11.8 Å². The van der Waals surface area contributed by atoms with Gasteiger partial charge < -0.3 is 10.0 Å². The fourth-order valence-corrected chi connectivity index (χ4v) is 2.63. The van der Waals surface area contributed by atoms with E-state index in [2.05, 4.69) is 0 Å². The van der Waals surface area contributed by atoms with Gasteiger partial charge in [-0.15, -0.1) is 11.8 Å². The molecule has 84 valence electrons. The molecule has 1 N–H and O–H groups in total. The zero-order chi connectivity index (χ0) is 11.7. The number of carbonyl (C=O) groups excluding carboxylic acids is 1. The number of aliphatic carboxylic acids is 1. The van der Waals surface area contributed by atoms with Gasteiger partial charge >= 0.3 is 11.9 Å². The fourth-order valence-electron chi connectivity index (χ4n) is 1.65. The highest BCUT2D eigenvalue weighted by Crippen LogP contribution is 2.35. The molecule has 0 unspecified atom stereocenters. The van der Waals surface area contributed by atoms with E-state index < -0.39 is 11.9 Å². The van der Waals surface area contributed by atoms with Gasteiger partial charge in [-0.2, -0.15) is 0 Å². The molecule has 1 aromatic rings. The summed E-state index contributed by atoms with van der Waals surface area (Å²) in [6.07, 6.45) is 0. The molecule has 0 aromatic heterocycles. The highest BCUT2D eigenvalue weighted by molar-refractivity contribution is 7.99. The summed E-state index contributed by atoms with van der Waals surface area (Å²) in [4.78, 5) is 24.5. The summed E-state index contributed by atoms with van der Waals surface area (Å²) >= 11 is 1.64. The number of thioether (sulfide) groups is 1. The Kier molecular flexibility index (Phi) is 2.87. The minimum atomic E-state index is -1.40. The lowest BCUT2D eigenvalue weighted by atomic mass is 10.2. The van der Waals surface area contributed by atoms with Crippen molar-refractivity contribution in [3.05, 3.63) is 23.8 Å². The molecule has 5 heteroatoms. The van der Waals surface area contributed by atoms with Crippen LogP contribution in [0.2, 0.25) is 0 Å². The molecule has 1 aliphatic heterocycles. The van der Waals surface area contributed by atoms with Crippen LogP contribution >= 0.6 is 11.8 Å². The first kappa shape index (κ1) is 11.0. The number of hydrogen-bond donors (Lipinski definition) is 1. The van der Waals surface area contributed by atoms with Crippen molar-refractivity contribution in [1.82, 2.24) is 0 Å². The van der Waals surface area contributed by atoms with Crippen molar-refractivity contribution < 1.29 is 14.7 Å². The Labute approximate surface area is 97.3 Å². The van der Waals surface area contributed by atoms with Crippen LogP contribution in [0.3, 0.4) is 0 Å². The van der Waals surface area contributed by atoms with Crippen LogP contribution in [0.15, 0.2) is 23.1 Å². The molecule has 1 amide bonds. The fraction of sp³-hybridized carbons (Fsp3) is 0.273. The normalized spacial score (nSPS) is 14.4. The van der Waals surface area contributed by atoms with Gasteiger partial charge in [0.15, 0.2) is 0 Å². The van der Waals surface area contributed by atoms with Crippen LogP contribution in [0.4, 0.5) is 5.69 Å². The molecule has 1 heterocycles. The molecular formula is C11H11NO3S. The zero-order valence-corrected chi connectivity index (χ0v) is 9.58. The SMILES string of the molecule is Cc1ccc2c(c1)N(C(=O)C(=O)O)CCS2. The van der Waals surface area contributed by atoms with Crippen molar-refractivity contribution in [1.29, 1.82) is 0 Å². The van der Waals surface area contributed by atoms with Gasteiger partial charge in [0.2, 0.25) is 0 Å². The third-order valence-electron chi connectivity index (χ3n) is 2.41. The van der Waals surface area contributed by atoms with Gasteiger partial charge in [-0.3, -0.25) is 4.79 Å². The number of carboxylic acids is 1. The largest absolute Gasteiger partial charge is 0.474 e. The van der Waals surface area contributed by atoms with E-state index in [0.717, 1.165) is 16.2 Å². The van der Waals surface area contributed by atoms with Crippen LogP contribution in [0, 0.1) is 6.92 Å². The smallest absolute Gasteiger partial charge is 0.394 e. The first-order chi connectivity index (χ1) is 7.59. The summed E-state index contributed by atoms with van der Waals surface area (Å²) in [5, 5.41) is 8.73. The molecule has 2 rings (SSSR count). The van der Waals surface area contributed by atoms with Crippen molar-refractivity contribution in [3.63, 3.8) is 0 Å². The van der Waals surface area contributed by atoms with E-state index in [9.17, 15) is 9.59 Å². The molecule has 0 aliphatic carbocycles. The quantitative estimate of drug-likeness (QED) is 0.695. The second-order valence-electron chi connectivity index (χ2n) is 3.58. The van der Waals surface area contributed by atoms with Crippen molar-refractivity contribution >= 4 is 29.3 Å². The lowest BCUT2D eigenvalue weighted by molar-refractivity contribution is -0.148. The van der Waals surface area contributed by atoms with Gasteiger partial charge in [0.25, 0.3) is 0 Å². The highest BCUT2D eigenvalue weighted by Gasteiger charge is 2.27. The average molecular weight is 237 g/mol. The van der Waals surface area contributed by atoms with E-state index in [1.165, 1.54) is 4.90 Å². The zero-order valence-electron chi connectivity index (χ0n) is 8.77. The van der Waals surface area contributed by atoms with E-state index >= 15 is 0 Å². The Hall–Kier alpha value is -1.49. The summed E-state index contributed by atoms with van der Waals surface area (Å²) in [6.45, 7) is 2.37. The maximum atomic E-state index is 11.5. The molecule has 16 heavy (non-hydrogen) atoms. The number of fused-ring (bicyclic) bond motifs is 1. The third kappa shape index (κ3) is 1.90. The van der Waals surface area contributed by atoms with Crippen molar-refractivity contribution in [3.8, 4) is 0 Å². The van der Waals surface area contributed by atoms with Crippen LogP contribution in [-0.2, 0) is 9.59 Å². The topological polar surface area (TPSA) is 57.6 Å². The lowest BCUT2D eigenvalue weighted by Crippen LogP contribution is -2.40. The van der Waals surface area contributed by atoms with Gasteiger partial charge in [-0.1, -0.05) is 6.07 Å². The number of carboxylic acid groups (broad SMARTS) is 1. The molecule has 0 fully saturated rings. The van der Waals surface area contributed by atoms with Crippen LogP contribution < -0.4 is 4.90 Å². The molecule has 0 radical (unpaired) electrons. The van der Waals surface area contributed by atoms with E-state index in [1.54, 1.807) is 11.8 Å². The molecule has 0 spiro atoms. The second kappa shape index (κ2) is 4.17. The van der Waals surface area contributed by atoms with E-state index in [4.69, 9.17) is 5.11 Å². The predicted octanol–water partition coefficient (Wildman–Crippen LogP) is 1.52. The Morgan fingerprint density at radius 3 is 2.88 bits per heavy atom. The molecular weight excluding hydrogens is 226 g/mol. The highest BCUT2D eigenvalue weighted by atomic mass is 32.2. The van der Waals surface area contributed by atoms with Crippen molar-refractivity contribution in [2.24, 2.45) is 0 Å². The van der Waals surface area contributed by atoms with E-state index in [0.29, 0.717) is 12.2 Å². The molecule has 4 nitrogen and oxygen atoms in total. The van der Waals surface area contributed by atoms with Crippen LogP contribution in [0.5, 0.6) is 0 Å². The molecule has 1 aliphatic rings. The average Bonchev–Trinajstić information content (AvgIpc) is 2.27. The van der Waals surface area contributed by atoms with Crippen LogP contribution in [0.25, 0.3) is 0 Å². The first-order valence-electron chi connectivity index (χ1n) is 4.88. The molecule has 0 bridgehead atoms. The van der Waals surface area contributed by atoms with Gasteiger partial charge in [0.1, 0.15) is 0 Å². The summed E-state index contributed by atoms with van der Waals surface area (Å²) in [7, 11) is 0. The minimum absolute atomic E-state index is 0.451. The Morgan fingerprint density at radius 2 is 2.19 bits per heavy atom. The number of aryl methyl sites for hydroxylation is 1. The second-order valence-corrected chi connectivity index (χ2v) is 4.72. The molecule has 0 saturated carbocycles. The minimum Gasteiger partial charge on any atom is -0.474 e. The Balaban J connectivity index is 2.43. The van der Waals surface area contributed by atoms with Crippen LogP contribution in [0.1, 0.15) is 5.56 Å². The number of carbonyl (C=O) groups is 2. The summed E-state index contributed by atoms with van der Waals surface area (Å²) in [5.74, 6) is -1.53. The standard InChI is InChI=1S/C11H11NO3S/c1-7-2-3-9-8(6-7)12(4-5-16-9)10(13)11(14)15/h2-3,6H,4-5H2,1H3,(H,14,15). The maximum Gasteiger partial charge on any atom is 0.394 e. The number of benzene rings is 1. The molecule has 1 aromatic carbocycles. The Bertz CT molecular complexity index is 459. The number of hydrogen-bond acceptors (Lipinski definition) is 3. The van der Waals surface area contributed by atoms with Crippen LogP contribution in [-0.4, -0.2) is 29.3 Å². The number of anilines is 1. The number of amides is 1. The maximum absolute atomic E-state index is 11.5. The van der Waals surface area contributed by atoms with Gasteiger partial charge in [0, 0.05) is 17.2 Å². The first-order valence-corrected chi connectivity index (χ1v) is 5.86. The van der Waals surface area contributed by atoms with Gasteiger partial charge in [-0.05, 0) is 24.6 Å². The van der Waals surface area contributed by atoms with E-state index in [1.807, 2.05) is 25.1 Å². The lowest BCUT2D eigenvalue weighted by Gasteiger charge is -2.27. The van der Waals surface area contributed by atoms with Crippen molar-refractivity contribution in [2.75, 3.05) is 17.2 Å². The summed E-state index contributed by atoms with van der Waals surface area (Å²) in [6, 6.07) is 5.74. The predicted molar refractivity (Wildman–Crippen MR) is 61.9 cm³/mol. The summed E-state index contributed by atoms with van der Waals surface area (Å²) in [5.41, 5.74) is 1.73. The number of rotatable bonds is 0. The Morgan fingerprint density at radius 1 is 1.44 bits per heavy atom. The van der Waals surface area contributed by atoms with E-state index in [-0.39, 0.29) is 0 Å². The van der Waals surface area contributed by atoms with Gasteiger partial charge in [0.05, 0.1) is 5.69 Å². The monoisotopic (exact) mass is 237 g/mol. The molecule has 0 atom stereocenters. The number of nitrogens with zero attached hydrogens (tertiary/aromatic N) is 1. The van der Waals surface area contributed by atoms with Gasteiger partial charge in [-0.25, -0.2) is 4.79 Å². The molecule has 0 saturated heterocycles.